The number of nitro groups is 1. The summed E-state index contributed by atoms with van der Waals surface area (Å²) in [4.78, 5) is 37.9. The highest BCUT2D eigenvalue weighted by Gasteiger charge is 2.15. The summed E-state index contributed by atoms with van der Waals surface area (Å²) < 4.78 is 0. The molecule has 0 bridgehead atoms. The molecule has 10 heteroatoms. The lowest BCUT2D eigenvalue weighted by Gasteiger charge is -2.12. The molecule has 0 aromatic heterocycles. The van der Waals surface area contributed by atoms with E-state index in [1.807, 2.05) is 31.1 Å². The lowest BCUT2D eigenvalue weighted by atomic mass is 10.1. The third-order valence-electron chi connectivity index (χ3n) is 4.81. The standard InChI is InChI=1S/C25H23N5O5/c1-29(2)20-10-8-17(9-11-20)14-22(27-24(32)18-6-4-3-5-7-18)25(33)28-26-16-19-15-21(31)12-13-23(19)30(34)35/h3-16,31H,1-2H3,(H,27,32)(H,28,33)/p-1/b22-14-,26-16-. The molecule has 3 aromatic carbocycles. The monoisotopic (exact) mass is 472 g/mol. The molecule has 10 nitrogen and oxygen atoms in total. The number of carbonyl (C=O) groups excluding carboxylic acids is 2. The molecule has 0 unspecified atom stereocenters. The van der Waals surface area contributed by atoms with Crippen LogP contribution in [0.25, 0.3) is 6.08 Å². The summed E-state index contributed by atoms with van der Waals surface area (Å²) in [5.41, 5.74) is 3.68. The second-order valence-corrected chi connectivity index (χ2v) is 7.54. The van der Waals surface area contributed by atoms with E-state index in [1.165, 1.54) is 6.08 Å². The van der Waals surface area contributed by atoms with Gasteiger partial charge in [-0.25, -0.2) is 5.43 Å². The van der Waals surface area contributed by atoms with Crippen molar-refractivity contribution in [1.29, 1.82) is 0 Å². The van der Waals surface area contributed by atoms with Crippen LogP contribution < -0.4 is 20.7 Å². The van der Waals surface area contributed by atoms with Gasteiger partial charge in [-0.15, -0.1) is 5.75 Å². The van der Waals surface area contributed by atoms with E-state index in [1.54, 1.807) is 42.5 Å². The van der Waals surface area contributed by atoms with Gasteiger partial charge in [-0.3, -0.25) is 19.7 Å². The topological polar surface area (TPSA) is 140 Å². The minimum Gasteiger partial charge on any atom is -0.872 e. The van der Waals surface area contributed by atoms with Crippen molar-refractivity contribution in [2.45, 2.75) is 0 Å². The molecular formula is C25H22N5O5-. The van der Waals surface area contributed by atoms with Crippen LogP contribution in [0.5, 0.6) is 5.75 Å². The van der Waals surface area contributed by atoms with Gasteiger partial charge in [-0.2, -0.15) is 5.10 Å². The summed E-state index contributed by atoms with van der Waals surface area (Å²) >= 11 is 0. The molecule has 178 valence electrons. The Morgan fingerprint density at radius 3 is 2.31 bits per heavy atom. The molecular weight excluding hydrogens is 450 g/mol. The smallest absolute Gasteiger partial charge is 0.287 e. The van der Waals surface area contributed by atoms with Gasteiger partial charge in [0.05, 0.1) is 16.7 Å². The molecule has 0 saturated carbocycles. The van der Waals surface area contributed by atoms with Crippen LogP contribution in [0.3, 0.4) is 0 Å². The first-order valence-corrected chi connectivity index (χ1v) is 10.4. The van der Waals surface area contributed by atoms with E-state index >= 15 is 0 Å². The highest BCUT2D eigenvalue weighted by Crippen LogP contribution is 2.20. The molecule has 35 heavy (non-hydrogen) atoms. The lowest BCUT2D eigenvalue weighted by Crippen LogP contribution is -2.32. The number of carbonyl (C=O) groups is 2. The van der Waals surface area contributed by atoms with Crippen molar-refractivity contribution in [1.82, 2.24) is 10.7 Å². The zero-order valence-electron chi connectivity index (χ0n) is 19.0. The van der Waals surface area contributed by atoms with Gasteiger partial charge in [-0.1, -0.05) is 42.5 Å². The van der Waals surface area contributed by atoms with Gasteiger partial charge in [0.1, 0.15) is 5.70 Å². The number of rotatable bonds is 8. The number of amides is 2. The van der Waals surface area contributed by atoms with Crippen molar-refractivity contribution < 1.29 is 19.6 Å². The van der Waals surface area contributed by atoms with Gasteiger partial charge in [0, 0.05) is 31.4 Å². The van der Waals surface area contributed by atoms with Crippen molar-refractivity contribution >= 4 is 35.5 Å². The van der Waals surface area contributed by atoms with Crippen LogP contribution in [0.15, 0.2) is 83.6 Å². The van der Waals surface area contributed by atoms with E-state index < -0.39 is 22.5 Å². The largest absolute Gasteiger partial charge is 0.872 e. The van der Waals surface area contributed by atoms with E-state index in [4.69, 9.17) is 0 Å². The molecule has 0 radical (unpaired) electrons. The maximum atomic E-state index is 12.9. The molecule has 0 fully saturated rings. The summed E-state index contributed by atoms with van der Waals surface area (Å²) in [5.74, 6) is -1.71. The predicted molar refractivity (Wildman–Crippen MR) is 131 cm³/mol. The highest BCUT2D eigenvalue weighted by molar-refractivity contribution is 6.05. The third-order valence-corrected chi connectivity index (χ3v) is 4.81. The molecule has 2 amide bonds. The second-order valence-electron chi connectivity index (χ2n) is 7.54. The number of nitrogens with one attached hydrogen (secondary N) is 2. The van der Waals surface area contributed by atoms with Crippen LogP contribution in [-0.4, -0.2) is 37.0 Å². The fourth-order valence-corrected chi connectivity index (χ4v) is 3.00. The number of hydrogen-bond acceptors (Lipinski definition) is 7. The number of anilines is 1. The van der Waals surface area contributed by atoms with Gasteiger partial charge < -0.3 is 15.3 Å². The molecule has 3 rings (SSSR count). The summed E-state index contributed by atoms with van der Waals surface area (Å²) in [7, 11) is 3.80. The first-order valence-electron chi connectivity index (χ1n) is 10.4. The highest BCUT2D eigenvalue weighted by atomic mass is 16.6. The van der Waals surface area contributed by atoms with Crippen LogP contribution in [0.4, 0.5) is 11.4 Å². The van der Waals surface area contributed by atoms with Crippen LogP contribution >= 0.6 is 0 Å². The average molecular weight is 472 g/mol. The molecule has 0 atom stereocenters. The van der Waals surface area contributed by atoms with E-state index in [0.29, 0.717) is 11.1 Å². The Kier molecular flexibility index (Phi) is 7.91. The Labute approximate surface area is 201 Å². The maximum Gasteiger partial charge on any atom is 0.287 e. The van der Waals surface area contributed by atoms with Gasteiger partial charge in [-0.05, 0) is 35.9 Å². The van der Waals surface area contributed by atoms with Crippen molar-refractivity contribution in [3.8, 4) is 5.75 Å². The molecule has 0 heterocycles. The van der Waals surface area contributed by atoms with E-state index in [-0.39, 0.29) is 16.9 Å². The van der Waals surface area contributed by atoms with Crippen LogP contribution in [0, 0.1) is 10.1 Å². The first-order chi connectivity index (χ1) is 16.7. The van der Waals surface area contributed by atoms with Gasteiger partial charge in [0.2, 0.25) is 0 Å². The Bertz CT molecular complexity index is 1290. The van der Waals surface area contributed by atoms with Crippen molar-refractivity contribution in [3.05, 3.63) is 105 Å². The quantitative estimate of drug-likeness (QED) is 0.224. The second kappa shape index (κ2) is 11.2. The summed E-state index contributed by atoms with van der Waals surface area (Å²) in [6.45, 7) is 0. The zero-order chi connectivity index (χ0) is 25.4. The van der Waals surface area contributed by atoms with Crippen molar-refractivity contribution in [3.63, 3.8) is 0 Å². The molecule has 0 aliphatic rings. The van der Waals surface area contributed by atoms with E-state index in [9.17, 15) is 24.8 Å². The molecule has 0 aliphatic carbocycles. The Balaban J connectivity index is 1.86. The van der Waals surface area contributed by atoms with Crippen molar-refractivity contribution in [2.24, 2.45) is 5.10 Å². The fourth-order valence-electron chi connectivity index (χ4n) is 3.00. The summed E-state index contributed by atoms with van der Waals surface area (Å²) in [6, 6.07) is 18.8. The summed E-state index contributed by atoms with van der Waals surface area (Å²) in [5, 5.41) is 29.0. The normalized spacial score (nSPS) is 11.2. The molecule has 0 aliphatic heterocycles. The molecule has 3 aromatic rings. The minimum absolute atomic E-state index is 0.0686. The summed E-state index contributed by atoms with van der Waals surface area (Å²) in [6.07, 6.45) is 2.48. The first kappa shape index (κ1) is 24.6. The average Bonchev–Trinajstić information content (AvgIpc) is 2.84. The van der Waals surface area contributed by atoms with Gasteiger partial charge >= 0.3 is 0 Å². The molecule has 0 saturated heterocycles. The number of nitrogens with zero attached hydrogens (tertiary/aromatic N) is 3. The zero-order valence-corrected chi connectivity index (χ0v) is 19.0. The fraction of sp³-hybridized carbons (Fsp3) is 0.0800. The number of nitro benzene ring substituents is 1. The number of benzene rings is 3. The third kappa shape index (κ3) is 6.75. The molecule has 2 N–H and O–H groups in total. The Hall–Kier alpha value is -4.99. The van der Waals surface area contributed by atoms with Crippen LogP contribution in [-0.2, 0) is 4.79 Å². The van der Waals surface area contributed by atoms with Crippen LogP contribution in [0.2, 0.25) is 0 Å². The van der Waals surface area contributed by atoms with E-state index in [2.05, 4.69) is 15.8 Å². The van der Waals surface area contributed by atoms with Crippen LogP contribution in [0.1, 0.15) is 21.5 Å². The van der Waals surface area contributed by atoms with Gasteiger partial charge in [0.25, 0.3) is 17.5 Å². The SMILES string of the molecule is CN(C)c1ccc(/C=C(\NC(=O)c2ccccc2)C(=O)N/N=C\c2cc([O-])ccc2[N+](=O)[O-])cc1. The molecule has 0 spiro atoms. The lowest BCUT2D eigenvalue weighted by molar-refractivity contribution is -0.385. The predicted octanol–water partition coefficient (Wildman–Crippen LogP) is 2.66. The van der Waals surface area contributed by atoms with E-state index in [0.717, 1.165) is 30.1 Å². The number of hydrogen-bond donors (Lipinski definition) is 2. The minimum atomic E-state index is -0.761. The Morgan fingerprint density at radius 1 is 1.00 bits per heavy atom. The Morgan fingerprint density at radius 2 is 1.69 bits per heavy atom. The van der Waals surface area contributed by atoms with Gasteiger partial charge in [0.15, 0.2) is 0 Å². The number of hydrazone groups is 1. The maximum absolute atomic E-state index is 12.9. The van der Waals surface area contributed by atoms with Crippen molar-refractivity contribution in [2.75, 3.05) is 19.0 Å².